The highest BCUT2D eigenvalue weighted by Crippen LogP contribution is 2.46. The zero-order valence-electron chi connectivity index (χ0n) is 47.9. The zero-order valence-corrected chi connectivity index (χ0v) is 47.9. The first-order chi connectivity index (χ1) is 34.7. The summed E-state index contributed by atoms with van der Waals surface area (Å²) in [5.41, 5.74) is -0.165. The lowest BCUT2D eigenvalue weighted by molar-refractivity contribution is -0.172. The molecule has 1 aliphatic heterocycles. The van der Waals surface area contributed by atoms with E-state index in [1.165, 1.54) is 0 Å². The molecule has 0 radical (unpaired) electrons. The molecule has 10 N–H and O–H groups in total. The number of epoxide rings is 1. The number of carbonyl (C=O) groups excluding carboxylic acids is 6. The van der Waals surface area contributed by atoms with Crippen LogP contribution in [-0.4, -0.2) is 204 Å². The quantitative estimate of drug-likeness (QED) is 0.0193. The first-order valence-electron chi connectivity index (χ1n) is 25.8. The fourth-order valence-electron chi connectivity index (χ4n) is 6.37. The highest BCUT2D eigenvalue weighted by molar-refractivity contribution is 5.82. The Bertz CT molecular complexity index is 1640. The lowest BCUT2D eigenvalue weighted by Gasteiger charge is -2.39. The van der Waals surface area contributed by atoms with E-state index in [4.69, 9.17) is 53.5 Å². The maximum absolute atomic E-state index is 13.7. The van der Waals surface area contributed by atoms with Crippen LogP contribution in [0.1, 0.15) is 123 Å². The van der Waals surface area contributed by atoms with Crippen LogP contribution >= 0.6 is 0 Å². The van der Waals surface area contributed by atoms with Gasteiger partial charge in [-0.3, -0.25) is 19.2 Å². The largest absolute Gasteiger partial charge is 0.462 e. The molecule has 0 aromatic rings. The fraction of sp³-hybridized carbons (Fsp3) is 0.882. The minimum Gasteiger partial charge on any atom is -0.462 e. The Labute approximate surface area is 446 Å². The number of ether oxygens (including phenoxy) is 9. The molecular weight excluding hydrogens is 987 g/mol. The molecule has 0 spiro atoms. The van der Waals surface area contributed by atoms with Crippen LogP contribution in [0.25, 0.3) is 0 Å². The lowest BCUT2D eigenvalue weighted by Crippen LogP contribution is -2.45. The van der Waals surface area contributed by atoms with Crippen molar-refractivity contribution >= 4 is 36.1 Å². The Kier molecular flexibility index (Phi) is 36.0. The van der Waals surface area contributed by atoms with Gasteiger partial charge >= 0.3 is 36.1 Å². The molecule has 1 rings (SSSR count). The van der Waals surface area contributed by atoms with Crippen LogP contribution in [0.2, 0.25) is 0 Å². The second-order valence-corrected chi connectivity index (χ2v) is 22.1. The van der Waals surface area contributed by atoms with Crippen LogP contribution in [0.3, 0.4) is 0 Å². The minimum absolute atomic E-state index is 0.0719. The van der Waals surface area contributed by atoms with Gasteiger partial charge in [-0.05, 0) is 116 Å². The number of likely N-dealkylation sites (N-methyl/N-ethyl adjacent to an activating group) is 1. The van der Waals surface area contributed by atoms with Crippen molar-refractivity contribution in [3.63, 3.8) is 0 Å². The Hall–Kier alpha value is -3.98. The number of rotatable bonds is 34. The van der Waals surface area contributed by atoms with E-state index >= 15 is 0 Å². The molecular formula is C51H99N5O19. The highest BCUT2D eigenvalue weighted by Gasteiger charge is 2.50. The molecule has 1 saturated heterocycles. The summed E-state index contributed by atoms with van der Waals surface area (Å²) in [7, 11) is 1.65. The van der Waals surface area contributed by atoms with E-state index < -0.39 is 89.1 Å². The molecule has 2 amide bonds. The van der Waals surface area contributed by atoms with Crippen molar-refractivity contribution in [2.24, 2.45) is 27.4 Å². The van der Waals surface area contributed by atoms with Crippen LogP contribution in [0, 0.1) is 21.7 Å². The third kappa shape index (κ3) is 36.6. The van der Waals surface area contributed by atoms with E-state index in [0.29, 0.717) is 46.1 Å². The molecule has 6 unspecified atom stereocenters. The van der Waals surface area contributed by atoms with Crippen LogP contribution in [-0.2, 0) is 61.8 Å². The van der Waals surface area contributed by atoms with Gasteiger partial charge in [0.1, 0.15) is 62.0 Å². The summed E-state index contributed by atoms with van der Waals surface area (Å²) in [5, 5.41) is 50.2. The Balaban J connectivity index is 0. The molecule has 6 atom stereocenters. The Morgan fingerprint density at radius 3 is 1.47 bits per heavy atom. The van der Waals surface area contributed by atoms with Gasteiger partial charge in [0.15, 0.2) is 0 Å². The van der Waals surface area contributed by atoms with Crippen LogP contribution < -0.4 is 27.0 Å². The highest BCUT2D eigenvalue weighted by atomic mass is 16.6. The number of nitrogens with one attached hydrogen (secondary N) is 4. The van der Waals surface area contributed by atoms with E-state index in [9.17, 15) is 44.1 Å². The molecule has 0 aromatic heterocycles. The second kappa shape index (κ2) is 36.9. The molecule has 0 bridgehead atoms. The van der Waals surface area contributed by atoms with Gasteiger partial charge < -0.3 is 90.1 Å². The first kappa shape index (κ1) is 73.1. The maximum Gasteiger partial charge on any atom is 0.407 e. The van der Waals surface area contributed by atoms with Gasteiger partial charge in [-0.15, -0.1) is 0 Å². The van der Waals surface area contributed by atoms with Gasteiger partial charge in [0, 0.05) is 39.3 Å². The van der Waals surface area contributed by atoms with E-state index in [1.54, 1.807) is 62.4 Å². The standard InChI is InChI=1S/C33H63N3O13.C9H20N2O3.C9H16O3/c1-10-32(7,27(42)47-18-23(38)15-34-9)22-33(8,21-31(5,6)26(41)46-20-25(40)17-37)28(43)48-19-24(39)16-35-11-13-45-14-12-36-29(44)49-30(2,3)4;1-9(2,3)14-8(12)11-5-7-13-6-4-10;1-4-9(2,3)8(10)12-6-7-5-11-7/h23-25,34-35,37-40H,10-22H2,1-9H3,(H,36,44);4-7,10H2,1-3H3,(H,11,12);7H,4-6H2,1-3H3. The van der Waals surface area contributed by atoms with Crippen LogP contribution in [0.4, 0.5) is 9.59 Å². The summed E-state index contributed by atoms with van der Waals surface area (Å²) in [4.78, 5) is 74.0. The first-order valence-corrected chi connectivity index (χ1v) is 25.8. The number of aliphatic hydroxyl groups is 4. The molecule has 75 heavy (non-hydrogen) atoms. The summed E-state index contributed by atoms with van der Waals surface area (Å²) < 4.78 is 46.8. The Morgan fingerprint density at radius 1 is 0.587 bits per heavy atom. The number of hydrogen-bond acceptors (Lipinski definition) is 22. The SMILES string of the molecule is CC(C)(C)OC(=O)NCCOCCN.CCC(C)(C)C(=O)OCC1CO1.CCC(C)(CC(C)(CC(C)(C)C(=O)OCC(O)CO)C(=O)OCC(O)CNCCOCCNC(=O)OC(C)(C)C)C(=O)OCC(O)CNC. The van der Waals surface area contributed by atoms with Crippen molar-refractivity contribution in [2.45, 2.75) is 158 Å². The van der Waals surface area contributed by atoms with Gasteiger partial charge in [-0.1, -0.05) is 13.8 Å². The average Bonchev–Trinajstić information content (AvgIpc) is 4.15. The number of nitrogens with two attached hydrogens (primary N) is 1. The van der Waals surface area contributed by atoms with Crippen LogP contribution in [0.15, 0.2) is 0 Å². The number of carbonyl (C=O) groups is 6. The molecule has 1 aliphatic rings. The summed E-state index contributed by atoms with van der Waals surface area (Å²) in [5.74, 6) is -2.25. The van der Waals surface area contributed by atoms with Gasteiger partial charge in [0.25, 0.3) is 0 Å². The summed E-state index contributed by atoms with van der Waals surface area (Å²) in [6.45, 7) is 27.4. The van der Waals surface area contributed by atoms with Crippen molar-refractivity contribution in [2.75, 3.05) is 112 Å². The smallest absolute Gasteiger partial charge is 0.407 e. The van der Waals surface area contributed by atoms with Crippen molar-refractivity contribution in [1.29, 1.82) is 0 Å². The molecule has 1 fully saturated rings. The Morgan fingerprint density at radius 2 is 1.03 bits per heavy atom. The molecule has 0 saturated carbocycles. The molecule has 442 valence electrons. The number of amides is 2. The number of hydrogen-bond donors (Lipinski definition) is 9. The average molecular weight is 1090 g/mol. The predicted octanol–water partition coefficient (Wildman–Crippen LogP) is 2.12. The van der Waals surface area contributed by atoms with E-state index in [2.05, 4.69) is 21.3 Å². The third-order valence-corrected chi connectivity index (χ3v) is 10.9. The molecule has 0 aliphatic carbocycles. The molecule has 24 heteroatoms. The number of esters is 4. The van der Waals surface area contributed by atoms with Crippen molar-refractivity contribution in [3.05, 3.63) is 0 Å². The van der Waals surface area contributed by atoms with E-state index in [-0.39, 0.29) is 76.2 Å². The summed E-state index contributed by atoms with van der Waals surface area (Å²) in [6.07, 6.45) is -3.25. The topological polar surface area (TPSA) is 344 Å². The van der Waals surface area contributed by atoms with E-state index in [0.717, 1.165) is 13.0 Å². The number of alkyl carbamates (subject to hydrolysis) is 2. The monoisotopic (exact) mass is 1090 g/mol. The minimum atomic E-state index is -1.46. The third-order valence-electron chi connectivity index (χ3n) is 10.9. The maximum atomic E-state index is 13.7. The summed E-state index contributed by atoms with van der Waals surface area (Å²) >= 11 is 0. The van der Waals surface area contributed by atoms with E-state index in [1.807, 2.05) is 41.5 Å². The van der Waals surface area contributed by atoms with Crippen molar-refractivity contribution in [3.8, 4) is 0 Å². The van der Waals surface area contributed by atoms with Crippen LogP contribution in [0.5, 0.6) is 0 Å². The molecule has 24 nitrogen and oxygen atoms in total. The molecule has 0 aromatic carbocycles. The van der Waals surface area contributed by atoms with Crippen molar-refractivity contribution in [1.82, 2.24) is 21.3 Å². The number of aliphatic hydroxyl groups excluding tert-OH is 4. The van der Waals surface area contributed by atoms with Gasteiger partial charge in [-0.2, -0.15) is 0 Å². The second-order valence-electron chi connectivity index (χ2n) is 22.1. The zero-order chi connectivity index (χ0) is 58.1. The van der Waals surface area contributed by atoms with Gasteiger partial charge in [0.2, 0.25) is 0 Å². The fourth-order valence-corrected chi connectivity index (χ4v) is 6.37. The lowest BCUT2D eigenvalue weighted by atomic mass is 9.65. The van der Waals surface area contributed by atoms with Crippen molar-refractivity contribution < 1.29 is 91.8 Å². The van der Waals surface area contributed by atoms with Gasteiger partial charge in [-0.25, -0.2) is 9.59 Å². The normalized spacial score (nSPS) is 16.3. The predicted molar refractivity (Wildman–Crippen MR) is 278 cm³/mol. The summed E-state index contributed by atoms with van der Waals surface area (Å²) in [6, 6.07) is 0. The molecule has 1 heterocycles. The van der Waals surface area contributed by atoms with Gasteiger partial charge in [0.05, 0.1) is 61.3 Å².